The van der Waals surface area contributed by atoms with Gasteiger partial charge in [-0.3, -0.25) is 4.79 Å². The summed E-state index contributed by atoms with van der Waals surface area (Å²) in [7, 11) is 1.57. The van der Waals surface area contributed by atoms with Crippen LogP contribution in [0.3, 0.4) is 0 Å². The minimum atomic E-state index is -0.316. The summed E-state index contributed by atoms with van der Waals surface area (Å²) in [6, 6.07) is 8.10. The van der Waals surface area contributed by atoms with Crippen LogP contribution < -0.4 is 16.0 Å². The summed E-state index contributed by atoms with van der Waals surface area (Å²) in [6.45, 7) is 5.64. The van der Waals surface area contributed by atoms with Crippen molar-refractivity contribution in [2.75, 3.05) is 12.4 Å². The maximum atomic E-state index is 12.1. The van der Waals surface area contributed by atoms with E-state index in [-0.39, 0.29) is 18.0 Å². The zero-order valence-electron chi connectivity index (χ0n) is 13.7. The van der Waals surface area contributed by atoms with E-state index >= 15 is 0 Å². The van der Waals surface area contributed by atoms with E-state index in [0.29, 0.717) is 11.3 Å². The van der Waals surface area contributed by atoms with E-state index in [2.05, 4.69) is 16.0 Å². The lowest BCUT2D eigenvalue weighted by atomic mass is 10.1. The standard InChI is InChI=1S/C17H21N3O3/c1-10-9-15(12(3)23-10)11(2)19-17(22)20-14-7-5-13(6-8-14)16(21)18-4/h5-9,11H,1-4H3,(H,18,21)(H2,19,20,22)/t11-/m0/s1. The van der Waals surface area contributed by atoms with Crippen LogP contribution in [0.25, 0.3) is 0 Å². The molecule has 6 heteroatoms. The summed E-state index contributed by atoms with van der Waals surface area (Å²) in [5.41, 5.74) is 2.10. The normalized spacial score (nSPS) is 11.7. The summed E-state index contributed by atoms with van der Waals surface area (Å²) in [5.74, 6) is 1.45. The van der Waals surface area contributed by atoms with Crippen molar-refractivity contribution in [3.05, 3.63) is 53.0 Å². The van der Waals surface area contributed by atoms with E-state index in [4.69, 9.17) is 4.42 Å². The molecule has 0 aliphatic carbocycles. The van der Waals surface area contributed by atoms with Crippen molar-refractivity contribution in [3.63, 3.8) is 0 Å². The van der Waals surface area contributed by atoms with Gasteiger partial charge >= 0.3 is 6.03 Å². The Morgan fingerprint density at radius 1 is 1.13 bits per heavy atom. The average molecular weight is 315 g/mol. The van der Waals surface area contributed by atoms with E-state index in [1.54, 1.807) is 31.3 Å². The molecule has 3 N–H and O–H groups in total. The van der Waals surface area contributed by atoms with Crippen LogP contribution in [0, 0.1) is 13.8 Å². The first-order chi connectivity index (χ1) is 10.9. The van der Waals surface area contributed by atoms with Gasteiger partial charge in [-0.2, -0.15) is 0 Å². The van der Waals surface area contributed by atoms with Gasteiger partial charge in [0.25, 0.3) is 5.91 Å². The van der Waals surface area contributed by atoms with Gasteiger partial charge in [0.15, 0.2) is 0 Å². The van der Waals surface area contributed by atoms with Crippen LogP contribution in [0.4, 0.5) is 10.5 Å². The van der Waals surface area contributed by atoms with E-state index in [9.17, 15) is 9.59 Å². The molecule has 2 rings (SSSR count). The SMILES string of the molecule is CNC(=O)c1ccc(NC(=O)N[C@@H](C)c2cc(C)oc2C)cc1. The first-order valence-electron chi connectivity index (χ1n) is 7.37. The molecule has 1 atom stereocenters. The Morgan fingerprint density at radius 3 is 2.30 bits per heavy atom. The fourth-order valence-electron chi connectivity index (χ4n) is 2.37. The second-order valence-corrected chi connectivity index (χ2v) is 5.35. The molecule has 0 fully saturated rings. The lowest BCUT2D eigenvalue weighted by molar-refractivity contribution is 0.0963. The van der Waals surface area contributed by atoms with Gasteiger partial charge in [-0.25, -0.2) is 4.79 Å². The van der Waals surface area contributed by atoms with Gasteiger partial charge in [0.05, 0.1) is 6.04 Å². The number of anilines is 1. The van der Waals surface area contributed by atoms with Gasteiger partial charge in [-0.1, -0.05) is 0 Å². The van der Waals surface area contributed by atoms with Crippen molar-refractivity contribution < 1.29 is 14.0 Å². The van der Waals surface area contributed by atoms with E-state index < -0.39 is 0 Å². The molecule has 2 aromatic rings. The van der Waals surface area contributed by atoms with Gasteiger partial charge in [0.1, 0.15) is 11.5 Å². The van der Waals surface area contributed by atoms with Crippen molar-refractivity contribution in [1.82, 2.24) is 10.6 Å². The number of hydrogen-bond acceptors (Lipinski definition) is 3. The number of furan rings is 1. The van der Waals surface area contributed by atoms with Crippen molar-refractivity contribution >= 4 is 17.6 Å². The Bertz CT molecular complexity index is 704. The molecule has 0 saturated carbocycles. The number of benzene rings is 1. The van der Waals surface area contributed by atoms with Gasteiger partial charge in [-0.05, 0) is 51.1 Å². The Kier molecular flexibility index (Phi) is 5.05. The molecule has 0 radical (unpaired) electrons. The van der Waals surface area contributed by atoms with Gasteiger partial charge in [-0.15, -0.1) is 0 Å². The van der Waals surface area contributed by atoms with Crippen molar-refractivity contribution in [3.8, 4) is 0 Å². The van der Waals surface area contributed by atoms with Crippen LogP contribution in [-0.4, -0.2) is 19.0 Å². The number of nitrogens with one attached hydrogen (secondary N) is 3. The van der Waals surface area contributed by atoms with E-state index in [0.717, 1.165) is 17.1 Å². The summed E-state index contributed by atoms with van der Waals surface area (Å²) < 4.78 is 5.47. The fraction of sp³-hybridized carbons (Fsp3) is 0.294. The molecule has 1 aromatic carbocycles. The second-order valence-electron chi connectivity index (χ2n) is 5.35. The van der Waals surface area contributed by atoms with Crippen LogP contribution in [0.15, 0.2) is 34.7 Å². The summed E-state index contributed by atoms with van der Waals surface area (Å²) in [4.78, 5) is 23.5. The van der Waals surface area contributed by atoms with Crippen molar-refractivity contribution in [1.29, 1.82) is 0 Å². The molecule has 1 heterocycles. The predicted octanol–water partition coefficient (Wildman–Crippen LogP) is 3.14. The highest BCUT2D eigenvalue weighted by molar-refractivity contribution is 5.95. The fourth-order valence-corrected chi connectivity index (χ4v) is 2.37. The third-order valence-electron chi connectivity index (χ3n) is 3.53. The number of hydrogen-bond donors (Lipinski definition) is 3. The first kappa shape index (κ1) is 16.6. The molecule has 1 aromatic heterocycles. The number of carbonyl (C=O) groups excluding carboxylic acids is 2. The molecular formula is C17H21N3O3. The molecule has 0 unspecified atom stereocenters. The summed E-state index contributed by atoms with van der Waals surface area (Å²) in [5, 5.41) is 8.14. The van der Waals surface area contributed by atoms with E-state index in [1.165, 1.54) is 0 Å². The predicted molar refractivity (Wildman–Crippen MR) is 88.6 cm³/mol. The quantitative estimate of drug-likeness (QED) is 0.810. The summed E-state index contributed by atoms with van der Waals surface area (Å²) >= 11 is 0. The van der Waals surface area contributed by atoms with Crippen LogP contribution in [-0.2, 0) is 0 Å². The van der Waals surface area contributed by atoms with Gasteiger partial charge < -0.3 is 20.4 Å². The van der Waals surface area contributed by atoms with E-state index in [1.807, 2.05) is 26.8 Å². The Balaban J connectivity index is 1.96. The number of rotatable bonds is 4. The second kappa shape index (κ2) is 7.00. The highest BCUT2D eigenvalue weighted by Crippen LogP contribution is 2.21. The van der Waals surface area contributed by atoms with Crippen molar-refractivity contribution in [2.45, 2.75) is 26.8 Å². The molecule has 0 saturated heterocycles. The van der Waals surface area contributed by atoms with Gasteiger partial charge in [0, 0.05) is 23.9 Å². The molecule has 23 heavy (non-hydrogen) atoms. The maximum absolute atomic E-state index is 12.1. The molecule has 6 nitrogen and oxygen atoms in total. The number of aryl methyl sites for hydroxylation is 2. The first-order valence-corrected chi connectivity index (χ1v) is 7.37. The van der Waals surface area contributed by atoms with Gasteiger partial charge in [0.2, 0.25) is 0 Å². The Morgan fingerprint density at radius 2 is 1.78 bits per heavy atom. The highest BCUT2D eigenvalue weighted by atomic mass is 16.3. The Hall–Kier alpha value is -2.76. The van der Waals surface area contributed by atoms with Crippen LogP contribution in [0.2, 0.25) is 0 Å². The lowest BCUT2D eigenvalue weighted by Gasteiger charge is -2.14. The smallest absolute Gasteiger partial charge is 0.319 e. The van der Waals surface area contributed by atoms with Crippen LogP contribution in [0.1, 0.15) is 40.4 Å². The van der Waals surface area contributed by atoms with Crippen molar-refractivity contribution in [2.24, 2.45) is 0 Å². The molecule has 3 amide bonds. The topological polar surface area (TPSA) is 83.4 Å². The summed E-state index contributed by atoms with van der Waals surface area (Å²) in [6.07, 6.45) is 0. The zero-order chi connectivity index (χ0) is 17.0. The third kappa shape index (κ3) is 4.12. The highest BCUT2D eigenvalue weighted by Gasteiger charge is 2.15. The molecule has 0 aliphatic rings. The molecular weight excluding hydrogens is 294 g/mol. The Labute approximate surface area is 135 Å². The number of amides is 3. The molecule has 0 aliphatic heterocycles. The van der Waals surface area contributed by atoms with Crippen LogP contribution in [0.5, 0.6) is 0 Å². The maximum Gasteiger partial charge on any atom is 0.319 e. The largest absolute Gasteiger partial charge is 0.466 e. The minimum Gasteiger partial charge on any atom is -0.466 e. The molecule has 0 spiro atoms. The van der Waals surface area contributed by atoms with Crippen LogP contribution >= 0.6 is 0 Å². The number of carbonyl (C=O) groups is 2. The zero-order valence-corrected chi connectivity index (χ0v) is 13.7. The average Bonchev–Trinajstić information content (AvgIpc) is 2.86. The number of urea groups is 1. The molecule has 122 valence electrons. The minimum absolute atomic E-state index is 0.166. The lowest BCUT2D eigenvalue weighted by Crippen LogP contribution is -2.31. The molecule has 0 bridgehead atoms. The third-order valence-corrected chi connectivity index (χ3v) is 3.53. The monoisotopic (exact) mass is 315 g/mol.